The van der Waals surface area contributed by atoms with Crippen LogP contribution in [0.1, 0.15) is 11.6 Å². The van der Waals surface area contributed by atoms with Crippen molar-refractivity contribution in [1.82, 2.24) is 0 Å². The predicted molar refractivity (Wildman–Crippen MR) is 53.7 cm³/mol. The highest BCUT2D eigenvalue weighted by Crippen LogP contribution is 2.15. The summed E-state index contributed by atoms with van der Waals surface area (Å²) < 4.78 is 5.04. The Hall–Kier alpha value is -2.06. The Labute approximate surface area is 87.2 Å². The standard InChI is InChI=1S/C10H11N3O2/c11-5-9(12)7-1-3-8(4-2-7)15-6-10(13)14/h1-4,9H,6,12H2,(H2,13,14). The van der Waals surface area contributed by atoms with Gasteiger partial charge in [0.05, 0.1) is 6.07 Å². The molecule has 4 N–H and O–H groups in total. The van der Waals surface area contributed by atoms with Gasteiger partial charge in [0.25, 0.3) is 5.91 Å². The molecule has 0 bridgehead atoms. The van der Waals surface area contributed by atoms with E-state index in [1.807, 2.05) is 6.07 Å². The third kappa shape index (κ3) is 3.29. The number of hydrogen-bond acceptors (Lipinski definition) is 4. The second-order valence-electron chi connectivity index (χ2n) is 2.93. The molecule has 1 rings (SSSR count). The van der Waals surface area contributed by atoms with Crippen molar-refractivity contribution in [1.29, 1.82) is 5.26 Å². The maximum atomic E-state index is 10.4. The molecule has 1 unspecified atom stereocenters. The second kappa shape index (κ2) is 4.98. The van der Waals surface area contributed by atoms with Crippen LogP contribution in [0.25, 0.3) is 0 Å². The molecule has 1 atom stereocenters. The third-order valence-corrected chi connectivity index (χ3v) is 1.76. The molecule has 1 aromatic rings. The Morgan fingerprint density at radius 2 is 2.07 bits per heavy atom. The van der Waals surface area contributed by atoms with Crippen molar-refractivity contribution in [3.63, 3.8) is 0 Å². The molecule has 0 fully saturated rings. The number of hydrogen-bond donors (Lipinski definition) is 2. The van der Waals surface area contributed by atoms with Crippen molar-refractivity contribution in [2.24, 2.45) is 11.5 Å². The summed E-state index contributed by atoms with van der Waals surface area (Å²) in [6.07, 6.45) is 0. The van der Waals surface area contributed by atoms with E-state index in [1.165, 1.54) is 0 Å². The number of carbonyl (C=O) groups is 1. The van der Waals surface area contributed by atoms with Gasteiger partial charge >= 0.3 is 0 Å². The number of ether oxygens (including phenoxy) is 1. The lowest BCUT2D eigenvalue weighted by Crippen LogP contribution is -2.20. The number of carbonyl (C=O) groups excluding carboxylic acids is 1. The van der Waals surface area contributed by atoms with Gasteiger partial charge in [0.2, 0.25) is 0 Å². The predicted octanol–water partition coefficient (Wildman–Crippen LogP) is 0.0741. The highest BCUT2D eigenvalue weighted by atomic mass is 16.5. The lowest BCUT2D eigenvalue weighted by molar-refractivity contribution is -0.119. The quantitative estimate of drug-likeness (QED) is 0.726. The van der Waals surface area contributed by atoms with Crippen LogP contribution in [0.4, 0.5) is 0 Å². The van der Waals surface area contributed by atoms with E-state index in [2.05, 4.69) is 0 Å². The molecular formula is C10H11N3O2. The summed E-state index contributed by atoms with van der Waals surface area (Å²) in [6, 6.07) is 7.88. The molecule has 78 valence electrons. The van der Waals surface area contributed by atoms with Crippen molar-refractivity contribution in [3.05, 3.63) is 29.8 Å². The first-order valence-corrected chi connectivity index (χ1v) is 4.29. The van der Waals surface area contributed by atoms with E-state index in [1.54, 1.807) is 24.3 Å². The molecule has 0 aromatic heterocycles. The minimum absolute atomic E-state index is 0.163. The number of benzene rings is 1. The van der Waals surface area contributed by atoms with Crippen LogP contribution in [0.2, 0.25) is 0 Å². The van der Waals surface area contributed by atoms with Gasteiger partial charge in [0, 0.05) is 0 Å². The SMILES string of the molecule is N#CC(N)c1ccc(OCC(N)=O)cc1. The van der Waals surface area contributed by atoms with Crippen LogP contribution in [0.3, 0.4) is 0 Å². The highest BCUT2D eigenvalue weighted by Gasteiger charge is 2.04. The van der Waals surface area contributed by atoms with Gasteiger partial charge in [0.15, 0.2) is 6.61 Å². The zero-order valence-electron chi connectivity index (χ0n) is 8.01. The summed E-state index contributed by atoms with van der Waals surface area (Å²) in [5.41, 5.74) is 11.1. The van der Waals surface area contributed by atoms with Crippen molar-refractivity contribution in [2.75, 3.05) is 6.61 Å². The van der Waals surface area contributed by atoms with Crippen LogP contribution < -0.4 is 16.2 Å². The second-order valence-corrected chi connectivity index (χ2v) is 2.93. The fourth-order valence-electron chi connectivity index (χ4n) is 1.00. The Kier molecular flexibility index (Phi) is 3.66. The lowest BCUT2D eigenvalue weighted by atomic mass is 10.1. The number of nitriles is 1. The van der Waals surface area contributed by atoms with Gasteiger partial charge < -0.3 is 16.2 Å². The van der Waals surface area contributed by atoms with E-state index in [-0.39, 0.29) is 6.61 Å². The van der Waals surface area contributed by atoms with E-state index in [0.29, 0.717) is 11.3 Å². The molecule has 0 saturated heterocycles. The lowest BCUT2D eigenvalue weighted by Gasteiger charge is -2.06. The molecular weight excluding hydrogens is 194 g/mol. The average Bonchev–Trinajstić information content (AvgIpc) is 2.26. The zero-order valence-corrected chi connectivity index (χ0v) is 8.01. The average molecular weight is 205 g/mol. The molecule has 0 aliphatic heterocycles. The van der Waals surface area contributed by atoms with Crippen LogP contribution in [-0.2, 0) is 4.79 Å². The number of primary amides is 1. The summed E-state index contributed by atoms with van der Waals surface area (Å²) >= 11 is 0. The molecule has 1 amide bonds. The largest absolute Gasteiger partial charge is 0.484 e. The van der Waals surface area contributed by atoms with E-state index >= 15 is 0 Å². The van der Waals surface area contributed by atoms with Crippen LogP contribution in [0.15, 0.2) is 24.3 Å². The van der Waals surface area contributed by atoms with Gasteiger partial charge in [-0.15, -0.1) is 0 Å². The Bertz CT molecular complexity index is 381. The van der Waals surface area contributed by atoms with Crippen molar-refractivity contribution < 1.29 is 9.53 Å². The first-order valence-electron chi connectivity index (χ1n) is 4.29. The Balaban J connectivity index is 2.65. The molecule has 0 aliphatic carbocycles. The van der Waals surface area contributed by atoms with Crippen molar-refractivity contribution >= 4 is 5.91 Å². The first kappa shape index (κ1) is 11.0. The summed E-state index contributed by atoms with van der Waals surface area (Å²) in [4.78, 5) is 10.4. The van der Waals surface area contributed by atoms with Crippen LogP contribution in [0.5, 0.6) is 5.75 Å². The third-order valence-electron chi connectivity index (χ3n) is 1.76. The molecule has 0 spiro atoms. The van der Waals surface area contributed by atoms with Gasteiger partial charge in [-0.2, -0.15) is 5.26 Å². The topological polar surface area (TPSA) is 102 Å². The van der Waals surface area contributed by atoms with Gasteiger partial charge in [-0.1, -0.05) is 12.1 Å². The molecule has 0 radical (unpaired) electrons. The van der Waals surface area contributed by atoms with E-state index in [9.17, 15) is 4.79 Å². The molecule has 1 aromatic carbocycles. The number of rotatable bonds is 4. The molecule has 5 nitrogen and oxygen atoms in total. The monoisotopic (exact) mass is 205 g/mol. The van der Waals surface area contributed by atoms with E-state index in [0.717, 1.165) is 0 Å². The Morgan fingerprint density at radius 3 is 2.53 bits per heavy atom. The number of amides is 1. The van der Waals surface area contributed by atoms with E-state index in [4.69, 9.17) is 21.5 Å². The number of nitrogens with two attached hydrogens (primary N) is 2. The molecule has 5 heteroatoms. The molecule has 0 heterocycles. The maximum absolute atomic E-state index is 10.4. The van der Waals surface area contributed by atoms with Gasteiger partial charge in [0.1, 0.15) is 11.8 Å². The fourth-order valence-corrected chi connectivity index (χ4v) is 1.00. The molecule has 0 saturated carbocycles. The highest BCUT2D eigenvalue weighted by molar-refractivity contribution is 5.75. The van der Waals surface area contributed by atoms with Gasteiger partial charge in [-0.3, -0.25) is 4.79 Å². The van der Waals surface area contributed by atoms with Gasteiger partial charge in [-0.25, -0.2) is 0 Å². The van der Waals surface area contributed by atoms with Crippen molar-refractivity contribution in [2.45, 2.75) is 6.04 Å². The number of nitrogens with zero attached hydrogens (tertiary/aromatic N) is 1. The summed E-state index contributed by atoms with van der Waals surface area (Å²) in [5, 5.41) is 8.57. The Morgan fingerprint density at radius 1 is 1.47 bits per heavy atom. The fraction of sp³-hybridized carbons (Fsp3) is 0.200. The molecule has 0 aliphatic rings. The normalized spacial score (nSPS) is 11.5. The van der Waals surface area contributed by atoms with Gasteiger partial charge in [-0.05, 0) is 17.7 Å². The summed E-state index contributed by atoms with van der Waals surface area (Å²) in [5.74, 6) is -0.0181. The first-order chi connectivity index (χ1) is 7.13. The summed E-state index contributed by atoms with van der Waals surface area (Å²) in [6.45, 7) is -0.163. The van der Waals surface area contributed by atoms with Crippen LogP contribution in [-0.4, -0.2) is 12.5 Å². The van der Waals surface area contributed by atoms with Crippen LogP contribution in [0, 0.1) is 11.3 Å². The minimum Gasteiger partial charge on any atom is -0.484 e. The smallest absolute Gasteiger partial charge is 0.255 e. The van der Waals surface area contributed by atoms with E-state index < -0.39 is 11.9 Å². The maximum Gasteiger partial charge on any atom is 0.255 e. The molecule has 15 heavy (non-hydrogen) atoms. The van der Waals surface area contributed by atoms with Crippen LogP contribution >= 0.6 is 0 Å². The summed E-state index contributed by atoms with van der Waals surface area (Å²) in [7, 11) is 0. The zero-order chi connectivity index (χ0) is 11.3. The van der Waals surface area contributed by atoms with Crippen molar-refractivity contribution in [3.8, 4) is 11.8 Å². The minimum atomic E-state index is -0.643.